The Bertz CT molecular complexity index is 488. The van der Waals surface area contributed by atoms with E-state index in [0.29, 0.717) is 6.54 Å². The molecule has 0 fully saturated rings. The first-order chi connectivity index (χ1) is 8.08. The second-order valence-electron chi connectivity index (χ2n) is 4.33. The predicted molar refractivity (Wildman–Crippen MR) is 67.7 cm³/mol. The zero-order chi connectivity index (χ0) is 12.4. The summed E-state index contributed by atoms with van der Waals surface area (Å²) in [7, 11) is 0. The molecule has 0 spiro atoms. The van der Waals surface area contributed by atoms with E-state index >= 15 is 0 Å². The lowest BCUT2D eigenvalue weighted by Gasteiger charge is -2.18. The quantitative estimate of drug-likeness (QED) is 0.833. The van der Waals surface area contributed by atoms with E-state index in [1.165, 1.54) is 0 Å². The van der Waals surface area contributed by atoms with E-state index in [4.69, 9.17) is 5.73 Å². The fraction of sp³-hybridized carbons (Fsp3) is 0.455. The maximum absolute atomic E-state index is 11.2. The fourth-order valence-electron chi connectivity index (χ4n) is 1.74. The van der Waals surface area contributed by atoms with Crippen molar-refractivity contribution in [3.63, 3.8) is 0 Å². The van der Waals surface area contributed by atoms with Gasteiger partial charge in [0.05, 0.1) is 11.7 Å². The van der Waals surface area contributed by atoms with Gasteiger partial charge < -0.3 is 5.73 Å². The fourth-order valence-corrected chi connectivity index (χ4v) is 2.46. The van der Waals surface area contributed by atoms with Crippen LogP contribution in [0.5, 0.6) is 0 Å². The number of carbonyl (C=O) groups is 1. The number of aromatic nitrogens is 2. The lowest BCUT2D eigenvalue weighted by atomic mass is 10.0. The highest BCUT2D eigenvalue weighted by Crippen LogP contribution is 2.11. The first kappa shape index (κ1) is 12.1. The molecule has 1 amide bonds. The lowest BCUT2D eigenvalue weighted by Crippen LogP contribution is -2.44. The molecule has 0 saturated heterocycles. The third-order valence-electron chi connectivity index (χ3n) is 2.62. The normalized spacial score (nSPS) is 13.4. The molecule has 5 nitrogen and oxygen atoms in total. The summed E-state index contributed by atoms with van der Waals surface area (Å²) in [6, 6.07) is -0.310. The summed E-state index contributed by atoms with van der Waals surface area (Å²) in [4.78, 5) is 16.6. The number of rotatable bonds is 5. The Balaban J connectivity index is 2.01. The van der Waals surface area contributed by atoms with Crippen molar-refractivity contribution in [3.05, 3.63) is 23.5 Å². The number of carbonyl (C=O) groups excluding carboxylic acids is 1. The van der Waals surface area contributed by atoms with Crippen molar-refractivity contribution in [2.75, 3.05) is 0 Å². The van der Waals surface area contributed by atoms with Gasteiger partial charge in [0.2, 0.25) is 5.91 Å². The Morgan fingerprint density at radius 2 is 2.41 bits per heavy atom. The molecule has 0 saturated carbocycles. The van der Waals surface area contributed by atoms with Crippen LogP contribution in [0.4, 0.5) is 0 Å². The maximum Gasteiger partial charge on any atom is 0.234 e. The number of imidazole rings is 1. The van der Waals surface area contributed by atoms with E-state index in [9.17, 15) is 4.79 Å². The van der Waals surface area contributed by atoms with Gasteiger partial charge in [-0.25, -0.2) is 4.98 Å². The lowest BCUT2D eigenvalue weighted by molar-refractivity contribution is -0.121. The highest BCUT2D eigenvalue weighted by molar-refractivity contribution is 7.15. The van der Waals surface area contributed by atoms with Crippen molar-refractivity contribution < 1.29 is 4.79 Å². The summed E-state index contributed by atoms with van der Waals surface area (Å²) in [5.74, 6) is -0.141. The van der Waals surface area contributed by atoms with Crippen LogP contribution >= 0.6 is 11.3 Å². The molecule has 6 heteroatoms. The van der Waals surface area contributed by atoms with E-state index < -0.39 is 0 Å². The van der Waals surface area contributed by atoms with Gasteiger partial charge >= 0.3 is 0 Å². The highest BCUT2D eigenvalue weighted by atomic mass is 32.1. The Morgan fingerprint density at radius 3 is 3.00 bits per heavy atom. The van der Waals surface area contributed by atoms with Crippen LogP contribution < -0.4 is 11.1 Å². The number of hydrogen-bond donors (Lipinski definition) is 2. The van der Waals surface area contributed by atoms with Crippen molar-refractivity contribution in [1.82, 2.24) is 14.7 Å². The number of thiazole rings is 1. The molecule has 1 unspecified atom stereocenters. The molecular weight excluding hydrogens is 236 g/mol. The van der Waals surface area contributed by atoms with E-state index in [0.717, 1.165) is 10.7 Å². The van der Waals surface area contributed by atoms with Crippen LogP contribution in [0.15, 0.2) is 17.8 Å². The second-order valence-corrected chi connectivity index (χ2v) is 5.20. The number of hydrogen-bond acceptors (Lipinski definition) is 4. The molecule has 0 aliphatic rings. The Morgan fingerprint density at radius 1 is 1.65 bits per heavy atom. The summed E-state index contributed by atoms with van der Waals surface area (Å²) >= 11 is 1.59. The van der Waals surface area contributed by atoms with Gasteiger partial charge in [-0.1, -0.05) is 13.8 Å². The Labute approximate surface area is 104 Å². The first-order valence-corrected chi connectivity index (χ1v) is 6.39. The molecule has 0 aliphatic carbocycles. The number of amides is 1. The van der Waals surface area contributed by atoms with E-state index in [2.05, 4.69) is 10.3 Å². The maximum atomic E-state index is 11.2. The average Bonchev–Trinajstić information content (AvgIpc) is 2.76. The molecule has 0 bridgehead atoms. The van der Waals surface area contributed by atoms with E-state index in [1.54, 1.807) is 11.3 Å². The van der Waals surface area contributed by atoms with Crippen molar-refractivity contribution in [3.8, 4) is 0 Å². The van der Waals surface area contributed by atoms with Crippen LogP contribution in [0.2, 0.25) is 0 Å². The third-order valence-corrected chi connectivity index (χ3v) is 3.39. The minimum absolute atomic E-state index is 0.177. The number of primary amides is 1. The summed E-state index contributed by atoms with van der Waals surface area (Å²) in [6.45, 7) is 4.49. The van der Waals surface area contributed by atoms with Crippen LogP contribution in [0, 0.1) is 5.92 Å². The van der Waals surface area contributed by atoms with Crippen LogP contribution in [-0.2, 0) is 11.3 Å². The summed E-state index contributed by atoms with van der Waals surface area (Å²) in [5.41, 5.74) is 6.25. The minimum Gasteiger partial charge on any atom is -0.368 e. The van der Waals surface area contributed by atoms with Gasteiger partial charge in [0.1, 0.15) is 0 Å². The van der Waals surface area contributed by atoms with Crippen LogP contribution in [0.3, 0.4) is 0 Å². The number of nitrogens with one attached hydrogen (secondary N) is 1. The first-order valence-electron chi connectivity index (χ1n) is 5.51. The van der Waals surface area contributed by atoms with Crippen LogP contribution in [0.1, 0.15) is 19.5 Å². The second kappa shape index (κ2) is 4.85. The SMILES string of the molecule is CC(C)C(NCc1cn2ccsc2n1)C(N)=O. The molecule has 92 valence electrons. The molecule has 0 aromatic carbocycles. The molecule has 17 heavy (non-hydrogen) atoms. The van der Waals surface area contributed by atoms with E-state index in [-0.39, 0.29) is 17.9 Å². The zero-order valence-corrected chi connectivity index (χ0v) is 10.7. The van der Waals surface area contributed by atoms with Crippen LogP contribution in [-0.4, -0.2) is 21.3 Å². The number of nitrogens with two attached hydrogens (primary N) is 1. The molecular formula is C11H16N4OS. The molecule has 2 rings (SSSR count). The van der Waals surface area contributed by atoms with Crippen molar-refractivity contribution in [2.45, 2.75) is 26.4 Å². The molecule has 1 atom stereocenters. The van der Waals surface area contributed by atoms with Gasteiger partial charge in [0.15, 0.2) is 4.96 Å². The smallest absolute Gasteiger partial charge is 0.234 e. The van der Waals surface area contributed by atoms with Crippen molar-refractivity contribution >= 4 is 22.2 Å². The Hall–Kier alpha value is -1.40. The number of nitrogens with zero attached hydrogens (tertiary/aromatic N) is 2. The molecule has 2 heterocycles. The third kappa shape index (κ3) is 2.65. The van der Waals surface area contributed by atoms with Gasteiger partial charge in [0, 0.05) is 24.3 Å². The summed E-state index contributed by atoms with van der Waals surface area (Å²) in [6.07, 6.45) is 3.92. The van der Waals surface area contributed by atoms with E-state index in [1.807, 2.05) is 36.0 Å². The van der Waals surface area contributed by atoms with Gasteiger partial charge in [-0.2, -0.15) is 0 Å². The van der Waals surface area contributed by atoms with Crippen LogP contribution in [0.25, 0.3) is 4.96 Å². The molecule has 2 aromatic rings. The zero-order valence-electron chi connectivity index (χ0n) is 9.88. The standard InChI is InChI=1S/C11H16N4OS/c1-7(2)9(10(12)16)13-5-8-6-15-3-4-17-11(15)14-8/h3-4,6-7,9,13H,5H2,1-2H3,(H2,12,16). The van der Waals surface area contributed by atoms with Crippen molar-refractivity contribution in [1.29, 1.82) is 0 Å². The monoisotopic (exact) mass is 252 g/mol. The predicted octanol–water partition coefficient (Wildman–Crippen LogP) is 0.995. The molecule has 0 radical (unpaired) electrons. The average molecular weight is 252 g/mol. The molecule has 2 aromatic heterocycles. The topological polar surface area (TPSA) is 72.4 Å². The largest absolute Gasteiger partial charge is 0.368 e. The van der Waals surface area contributed by atoms with Crippen molar-refractivity contribution in [2.24, 2.45) is 11.7 Å². The van der Waals surface area contributed by atoms with Gasteiger partial charge in [-0.3, -0.25) is 14.5 Å². The minimum atomic E-state index is -0.318. The summed E-state index contributed by atoms with van der Waals surface area (Å²) in [5, 5.41) is 5.13. The number of fused-ring (bicyclic) bond motifs is 1. The van der Waals surface area contributed by atoms with Gasteiger partial charge in [-0.15, -0.1) is 11.3 Å². The summed E-state index contributed by atoms with van der Waals surface area (Å²) < 4.78 is 1.97. The highest BCUT2D eigenvalue weighted by Gasteiger charge is 2.18. The van der Waals surface area contributed by atoms with Gasteiger partial charge in [-0.05, 0) is 5.92 Å². The molecule has 3 N–H and O–H groups in total. The van der Waals surface area contributed by atoms with Gasteiger partial charge in [0.25, 0.3) is 0 Å². The molecule has 0 aliphatic heterocycles. The Kier molecular flexibility index (Phi) is 3.44.